The highest BCUT2D eigenvalue weighted by Crippen LogP contribution is 2.42. The largest absolute Gasteiger partial charge is 0.394 e. The molecule has 10 aliphatic heterocycles. The van der Waals surface area contributed by atoms with Crippen molar-refractivity contribution in [3.63, 3.8) is 0 Å². The number of carbonyl (C=O) groups excluding carboxylic acids is 5. The highest BCUT2D eigenvalue weighted by Gasteiger charge is 2.63. The van der Waals surface area contributed by atoms with Crippen LogP contribution in [0, 0.1) is 0 Å². The Hall–Kier alpha value is -4.53. The molecular weight excluding hydrogens is 1770 g/mol. The Morgan fingerprint density at radius 3 is 1.02 bits per heavy atom. The Morgan fingerprint density at radius 2 is 0.574 bits per heavy atom. The van der Waals surface area contributed by atoms with E-state index in [1.807, 2.05) is 0 Å². The fourth-order valence-corrected chi connectivity index (χ4v) is 16.5. The molecule has 0 aromatic heterocycles. The van der Waals surface area contributed by atoms with E-state index in [1.54, 1.807) is 0 Å². The van der Waals surface area contributed by atoms with Crippen LogP contribution < -0.4 is 26.6 Å². The molecule has 10 rings (SSSR count). The van der Waals surface area contributed by atoms with Crippen molar-refractivity contribution in [3.05, 3.63) is 0 Å². The summed E-state index contributed by atoms with van der Waals surface area (Å²) < 4.78 is 120. The summed E-state index contributed by atoms with van der Waals surface area (Å²) in [5.74, 6) is -4.00. The lowest BCUT2D eigenvalue weighted by atomic mass is 9.93. The fourth-order valence-electron chi connectivity index (χ4n) is 16.5. The number of rotatable bonds is 37. The van der Waals surface area contributed by atoms with Crippen molar-refractivity contribution in [3.8, 4) is 0 Å². The van der Waals surface area contributed by atoms with Gasteiger partial charge >= 0.3 is 0 Å². The van der Waals surface area contributed by atoms with E-state index < -0.39 is 409 Å². The molecule has 5 amide bonds. The highest BCUT2D eigenvalue weighted by molar-refractivity contribution is 5.74. The van der Waals surface area contributed by atoms with E-state index in [-0.39, 0.29) is 6.41 Å². The summed E-state index contributed by atoms with van der Waals surface area (Å²) in [6, 6.07) is -9.10. The van der Waals surface area contributed by atoms with E-state index in [4.69, 9.17) is 94.7 Å². The molecule has 10 heterocycles. The quantitative estimate of drug-likeness (QED) is 0.0257. The van der Waals surface area contributed by atoms with Crippen LogP contribution in [0.3, 0.4) is 0 Å². The van der Waals surface area contributed by atoms with Gasteiger partial charge < -0.3 is 259 Å². The number of aliphatic hydroxyl groups excluding tert-OH is 27. The summed E-state index contributed by atoms with van der Waals surface area (Å²) in [6.45, 7) is -6.63. The van der Waals surface area contributed by atoms with E-state index >= 15 is 0 Å². The fraction of sp³-hybridized carbons (Fsp3) is 0.931. The Bertz CT molecular complexity index is 3480. The van der Waals surface area contributed by atoms with Crippen molar-refractivity contribution in [2.45, 2.75) is 347 Å². The Kier molecular flexibility index (Phi) is 39.2. The molecule has 0 aromatic carbocycles. The van der Waals surface area contributed by atoms with Gasteiger partial charge in [0, 0.05) is 27.7 Å². The van der Waals surface area contributed by atoms with Crippen LogP contribution in [0.2, 0.25) is 0 Å². The van der Waals surface area contributed by atoms with E-state index in [0.717, 1.165) is 27.7 Å². The predicted octanol–water partition coefficient (Wildman–Crippen LogP) is -22.1. The highest BCUT2D eigenvalue weighted by atomic mass is 16.8. The molecule has 746 valence electrons. The third-order valence-electron chi connectivity index (χ3n) is 23.4. The first-order valence-electron chi connectivity index (χ1n) is 41.2. The third kappa shape index (κ3) is 24.2. The van der Waals surface area contributed by atoms with E-state index in [1.165, 1.54) is 6.92 Å². The first-order valence-corrected chi connectivity index (χ1v) is 41.2. The van der Waals surface area contributed by atoms with Gasteiger partial charge in [0.05, 0.1) is 84.8 Å². The number of hydrogen-bond donors (Lipinski definition) is 32. The summed E-state index contributed by atoms with van der Waals surface area (Å²) in [4.78, 5) is 64.1. The number of aliphatic hydroxyl groups is 27. The minimum atomic E-state index is -2.67. The van der Waals surface area contributed by atoms with Crippen molar-refractivity contribution in [2.24, 2.45) is 0 Å². The standard InChI is InChI=1S/C72H121N5O52/c1-18-37(92)47(102)50(105)68(112-18)129-62-61(128-64-33(74-19(2)88)45(100)38(93)24(7-79)113-64)43(98)29(12-84)118-72(62)125-58-36(77-22(5)91)66(115-27(10-82)41(58)96)127-60-44(99)32(16-111-63-34(75-20(3)89)46(101)55(30(13-85)119-63)122-69-51(106)48(103)39(94)25(8-80)116-69)121-71(54(60)109)124-57-35(76-21(4)90)65(114-26(9-81)40(57)95)126-59-42(97)28(11-83)117-70(53(59)108)123-56-31(14-86)120-67(52(107)49(56)104)110-15-23(6-78)73-17-87/h17-18,23-72,78-86,92-109H,6-16H2,1-5H3,(H,73,87)(H,74,88)(H,75,89)(H,76,90)(H,77,91)/t18-,23+,24+,25+,26+,27+,28+,29+,30+,31+,32+,33+,34+,35+,36+,37+,38-,39-,40+,41+,42-,43-,44-,45+,46+,47+,48-,49+,50-,51+,52+,53+,54+,55+,56+,57+,58+,59-,60-,61-,62+,63+,64+,65-,66-,67+,68-,69-,70-,71-,72-/m0/s1. The van der Waals surface area contributed by atoms with E-state index in [0.29, 0.717) is 0 Å². The van der Waals surface area contributed by atoms with Crippen LogP contribution in [-0.4, -0.2) is 553 Å². The molecule has 10 aliphatic rings. The number of hydrogen-bond acceptors (Lipinski definition) is 52. The van der Waals surface area contributed by atoms with Gasteiger partial charge in [0.2, 0.25) is 30.0 Å². The zero-order valence-electron chi connectivity index (χ0n) is 69.6. The summed E-state index contributed by atoms with van der Waals surface area (Å²) in [6.07, 6.45) is -97.3. The van der Waals surface area contributed by atoms with Crippen LogP contribution in [0.1, 0.15) is 34.6 Å². The lowest BCUT2D eigenvalue weighted by Crippen LogP contribution is -2.72. The van der Waals surface area contributed by atoms with Crippen LogP contribution in [-0.2, 0) is 119 Å². The second-order valence-corrected chi connectivity index (χ2v) is 32.4. The number of ether oxygens (including phenoxy) is 20. The molecule has 0 unspecified atom stereocenters. The monoisotopic (exact) mass is 1890 g/mol. The van der Waals surface area contributed by atoms with Gasteiger partial charge in [0.1, 0.15) is 238 Å². The maximum Gasteiger partial charge on any atom is 0.217 e. The molecule has 32 N–H and O–H groups in total. The van der Waals surface area contributed by atoms with Crippen LogP contribution >= 0.6 is 0 Å². The molecule has 0 bridgehead atoms. The maximum atomic E-state index is 13.8. The topological polar surface area (TPSA) is 876 Å². The maximum absolute atomic E-state index is 13.8. The molecule has 0 radical (unpaired) electrons. The molecule has 0 aromatic rings. The minimum absolute atomic E-state index is 0.231. The number of amides is 5. The molecule has 57 heteroatoms. The zero-order chi connectivity index (χ0) is 94.9. The lowest BCUT2D eigenvalue weighted by molar-refractivity contribution is -0.401. The van der Waals surface area contributed by atoms with Crippen molar-refractivity contribution < 1.29 is 257 Å². The molecule has 0 aliphatic carbocycles. The van der Waals surface area contributed by atoms with Gasteiger partial charge in [-0.25, -0.2) is 0 Å². The average Bonchev–Trinajstić information content (AvgIpc) is 0.778. The number of nitrogens with one attached hydrogen (secondary N) is 5. The Labute approximate surface area is 731 Å². The van der Waals surface area contributed by atoms with Gasteiger partial charge in [0.15, 0.2) is 62.9 Å². The molecule has 0 saturated carbocycles. The van der Waals surface area contributed by atoms with Gasteiger partial charge in [-0.3, -0.25) is 24.0 Å². The van der Waals surface area contributed by atoms with Gasteiger partial charge in [-0.2, -0.15) is 0 Å². The first kappa shape index (κ1) is 107. The molecule has 10 saturated heterocycles. The predicted molar refractivity (Wildman–Crippen MR) is 398 cm³/mol. The zero-order valence-corrected chi connectivity index (χ0v) is 69.6. The summed E-state index contributed by atoms with van der Waals surface area (Å²) in [7, 11) is 0. The van der Waals surface area contributed by atoms with Crippen molar-refractivity contribution in [1.29, 1.82) is 0 Å². The van der Waals surface area contributed by atoms with Gasteiger partial charge in [-0.1, -0.05) is 0 Å². The number of carbonyl (C=O) groups is 5. The molecule has 57 nitrogen and oxygen atoms in total. The van der Waals surface area contributed by atoms with Crippen LogP contribution in [0.15, 0.2) is 0 Å². The van der Waals surface area contributed by atoms with Crippen molar-refractivity contribution in [1.82, 2.24) is 26.6 Å². The van der Waals surface area contributed by atoms with Gasteiger partial charge in [-0.15, -0.1) is 0 Å². The van der Waals surface area contributed by atoms with Crippen molar-refractivity contribution in [2.75, 3.05) is 72.7 Å². The smallest absolute Gasteiger partial charge is 0.217 e. The lowest BCUT2D eigenvalue weighted by Gasteiger charge is -2.52. The van der Waals surface area contributed by atoms with Crippen LogP contribution in [0.25, 0.3) is 0 Å². The summed E-state index contributed by atoms with van der Waals surface area (Å²) >= 11 is 0. The second kappa shape index (κ2) is 47.5. The summed E-state index contributed by atoms with van der Waals surface area (Å²) in [5, 5.41) is 315. The first-order chi connectivity index (χ1) is 61.2. The molecule has 51 atom stereocenters. The molecule has 129 heavy (non-hydrogen) atoms. The van der Waals surface area contributed by atoms with Crippen LogP contribution in [0.5, 0.6) is 0 Å². The van der Waals surface area contributed by atoms with E-state index in [9.17, 15) is 162 Å². The Morgan fingerprint density at radius 1 is 0.271 bits per heavy atom. The van der Waals surface area contributed by atoms with Crippen LogP contribution in [0.4, 0.5) is 0 Å². The molecular formula is C72H121N5O52. The average molecular weight is 1890 g/mol. The SMILES string of the molecule is CC(=O)N[C@H]1[C@H](OC[C@H]2O[C@@H](O[C@H]3[C@H](O)[C@@H](CO)O[C@@H](O[C@H]4[C@@H](O)[C@@H](CO)O[C@@H](O[C@H]5[C@H](O)[C@@H](O)[C@H](OC[C@@H](CO)NC=O)O[C@@H]5CO)[C@@H]4O)[C@@H]3NC(C)=O)[C@H](O)[C@@H](O[C@@H]3O[C@H](CO)[C@@H](O)[C@H](O[C@@H]4O[C@H](CO)[C@H](O)[C@H](O[C@H]5O[C@H](CO)[C@H](O)[C@H](O)[C@H]5NC(C)=O)[C@H]4O[C@@H]4O[C@@H](C)[C@@H](O)[C@@H](O)[C@@H]4O)[C@H]3NC(C)=O)[C@H]2O)O[C@H](CO)[C@@H](O[C@@H]2O[C@H](CO)[C@H](O)[C@H](O)[C@H]2O)[C@@H]1O. The third-order valence-corrected chi connectivity index (χ3v) is 23.4. The van der Waals surface area contributed by atoms with E-state index in [2.05, 4.69) is 26.6 Å². The normalized spacial score (nSPS) is 47.8. The summed E-state index contributed by atoms with van der Waals surface area (Å²) in [5.41, 5.74) is 0. The Balaban J connectivity index is 1.01. The minimum Gasteiger partial charge on any atom is -0.394 e. The van der Waals surface area contributed by atoms with Gasteiger partial charge in [0.25, 0.3) is 0 Å². The van der Waals surface area contributed by atoms with Gasteiger partial charge in [-0.05, 0) is 6.92 Å². The molecule has 0 spiro atoms. The second-order valence-electron chi connectivity index (χ2n) is 32.4. The van der Waals surface area contributed by atoms with Crippen molar-refractivity contribution >= 4 is 30.0 Å². The molecule has 10 fully saturated rings.